The topological polar surface area (TPSA) is 12.0 Å². The first kappa shape index (κ1) is 11.6. The predicted molar refractivity (Wildman–Crippen MR) is 54.2 cm³/mol. The summed E-state index contributed by atoms with van der Waals surface area (Å²) >= 11 is 0. The van der Waals surface area contributed by atoms with Gasteiger partial charge in [0.05, 0.1) is 5.56 Å². The Morgan fingerprint density at radius 3 is 2.13 bits per heavy atom. The van der Waals surface area contributed by atoms with Crippen molar-refractivity contribution in [3.63, 3.8) is 0 Å². The second-order valence-corrected chi connectivity index (χ2v) is 3.20. The third-order valence-corrected chi connectivity index (χ3v) is 2.02. The molecule has 0 radical (unpaired) electrons. The van der Waals surface area contributed by atoms with Crippen molar-refractivity contribution in [3.05, 3.63) is 41.1 Å². The van der Waals surface area contributed by atoms with Gasteiger partial charge in [-0.15, -0.1) is 0 Å². The molecule has 1 rings (SSSR count). The monoisotopic (exact) mass is 215 g/mol. The number of hydrogen-bond acceptors (Lipinski definition) is 1. The second kappa shape index (κ2) is 4.38. The molecule has 0 amide bonds. The summed E-state index contributed by atoms with van der Waals surface area (Å²) in [5.74, 6) is 0. The summed E-state index contributed by atoms with van der Waals surface area (Å²) in [6.07, 6.45) is -2.49. The van der Waals surface area contributed by atoms with Gasteiger partial charge in [-0.25, -0.2) is 0 Å². The fraction of sp³-hybridized carbons (Fsp3) is 0.273. The number of halogens is 3. The molecular formula is C11H12F3N. The number of allylic oxidation sites excluding steroid dienone is 1. The second-order valence-electron chi connectivity index (χ2n) is 3.20. The van der Waals surface area contributed by atoms with Gasteiger partial charge in [-0.1, -0.05) is 12.1 Å². The van der Waals surface area contributed by atoms with Crippen molar-refractivity contribution < 1.29 is 13.2 Å². The van der Waals surface area contributed by atoms with Crippen LogP contribution in [0.15, 0.2) is 30.0 Å². The summed E-state index contributed by atoms with van der Waals surface area (Å²) < 4.78 is 36.7. The Labute approximate surface area is 86.6 Å². The Bertz CT molecular complexity index is 349. The highest BCUT2D eigenvalue weighted by molar-refractivity contribution is 5.52. The summed E-state index contributed by atoms with van der Waals surface area (Å²) in [5, 5.41) is 2.90. The Morgan fingerprint density at radius 2 is 1.73 bits per heavy atom. The summed E-state index contributed by atoms with van der Waals surface area (Å²) in [6, 6.07) is 5.05. The van der Waals surface area contributed by atoms with Gasteiger partial charge in [0.1, 0.15) is 0 Å². The molecule has 1 aromatic carbocycles. The first-order valence-electron chi connectivity index (χ1n) is 4.47. The average molecular weight is 215 g/mol. The SMILES string of the molecule is CN/C(C)=C\c1ccc(C(F)(F)F)cc1. The number of alkyl halides is 3. The van der Waals surface area contributed by atoms with Crippen molar-refractivity contribution in [2.45, 2.75) is 13.1 Å². The van der Waals surface area contributed by atoms with Gasteiger partial charge in [0.25, 0.3) is 0 Å². The van der Waals surface area contributed by atoms with E-state index in [1.54, 1.807) is 13.1 Å². The Kier molecular flexibility index (Phi) is 3.39. The molecule has 0 aliphatic rings. The van der Waals surface area contributed by atoms with E-state index >= 15 is 0 Å². The Hall–Kier alpha value is -1.45. The van der Waals surface area contributed by atoms with E-state index in [1.807, 2.05) is 6.92 Å². The minimum Gasteiger partial charge on any atom is -0.392 e. The van der Waals surface area contributed by atoms with E-state index in [-0.39, 0.29) is 0 Å². The van der Waals surface area contributed by atoms with Crippen LogP contribution >= 0.6 is 0 Å². The highest BCUT2D eigenvalue weighted by atomic mass is 19.4. The van der Waals surface area contributed by atoms with Crippen LogP contribution in [0.4, 0.5) is 13.2 Å². The molecule has 0 bridgehead atoms. The molecule has 0 saturated carbocycles. The van der Waals surface area contributed by atoms with E-state index in [2.05, 4.69) is 5.32 Å². The molecule has 0 fully saturated rings. The first-order chi connectivity index (χ1) is 6.93. The van der Waals surface area contributed by atoms with Crippen LogP contribution in [0.25, 0.3) is 6.08 Å². The zero-order valence-corrected chi connectivity index (χ0v) is 8.52. The van der Waals surface area contributed by atoms with Crippen molar-refractivity contribution >= 4 is 6.08 Å². The molecule has 15 heavy (non-hydrogen) atoms. The number of nitrogens with one attached hydrogen (secondary N) is 1. The van der Waals surface area contributed by atoms with Gasteiger partial charge in [-0.3, -0.25) is 0 Å². The normalized spacial score (nSPS) is 12.7. The van der Waals surface area contributed by atoms with Crippen LogP contribution in [-0.2, 0) is 6.18 Å². The Balaban J connectivity index is 2.91. The lowest BCUT2D eigenvalue weighted by atomic mass is 10.1. The van der Waals surface area contributed by atoms with Gasteiger partial charge in [0.15, 0.2) is 0 Å². The van der Waals surface area contributed by atoms with Crippen molar-refractivity contribution in [2.75, 3.05) is 7.05 Å². The van der Waals surface area contributed by atoms with Crippen LogP contribution in [0.1, 0.15) is 18.1 Å². The average Bonchev–Trinajstić information content (AvgIpc) is 2.17. The van der Waals surface area contributed by atoms with Crippen LogP contribution < -0.4 is 5.32 Å². The zero-order chi connectivity index (χ0) is 11.5. The summed E-state index contributed by atoms with van der Waals surface area (Å²) in [4.78, 5) is 0. The van der Waals surface area contributed by atoms with Gasteiger partial charge >= 0.3 is 6.18 Å². The lowest BCUT2D eigenvalue weighted by Gasteiger charge is -2.06. The van der Waals surface area contributed by atoms with Gasteiger partial charge in [0, 0.05) is 12.7 Å². The van der Waals surface area contributed by atoms with Crippen LogP contribution in [0, 0.1) is 0 Å². The molecular weight excluding hydrogens is 203 g/mol. The number of hydrogen-bond donors (Lipinski definition) is 1. The van der Waals surface area contributed by atoms with E-state index in [4.69, 9.17) is 0 Å². The number of rotatable bonds is 2. The molecule has 0 spiro atoms. The molecule has 1 nitrogen and oxygen atoms in total. The minimum absolute atomic E-state index is 0.623. The predicted octanol–water partition coefficient (Wildman–Crippen LogP) is 3.29. The zero-order valence-electron chi connectivity index (χ0n) is 8.52. The molecule has 0 aliphatic heterocycles. The lowest BCUT2D eigenvalue weighted by molar-refractivity contribution is -0.137. The highest BCUT2D eigenvalue weighted by Crippen LogP contribution is 2.29. The third-order valence-electron chi connectivity index (χ3n) is 2.02. The summed E-state index contributed by atoms with van der Waals surface area (Å²) in [7, 11) is 1.76. The minimum atomic E-state index is -4.26. The lowest BCUT2D eigenvalue weighted by Crippen LogP contribution is -2.04. The molecule has 1 N–H and O–H groups in total. The molecule has 0 saturated heterocycles. The molecule has 0 atom stereocenters. The quantitative estimate of drug-likeness (QED) is 0.798. The largest absolute Gasteiger partial charge is 0.416 e. The molecule has 4 heteroatoms. The number of benzene rings is 1. The van der Waals surface area contributed by atoms with Gasteiger partial charge in [-0.05, 0) is 30.7 Å². The van der Waals surface area contributed by atoms with Crippen LogP contribution in [0.2, 0.25) is 0 Å². The van der Waals surface area contributed by atoms with E-state index < -0.39 is 11.7 Å². The molecule has 0 unspecified atom stereocenters. The molecule has 82 valence electrons. The van der Waals surface area contributed by atoms with E-state index in [1.165, 1.54) is 12.1 Å². The van der Waals surface area contributed by atoms with Crippen LogP contribution in [0.3, 0.4) is 0 Å². The molecule has 1 aromatic rings. The first-order valence-corrected chi connectivity index (χ1v) is 4.47. The summed E-state index contributed by atoms with van der Waals surface area (Å²) in [6.45, 7) is 1.84. The Morgan fingerprint density at radius 1 is 1.20 bits per heavy atom. The van der Waals surface area contributed by atoms with Gasteiger partial charge in [-0.2, -0.15) is 13.2 Å². The van der Waals surface area contributed by atoms with Crippen molar-refractivity contribution in [2.24, 2.45) is 0 Å². The maximum atomic E-state index is 12.2. The van der Waals surface area contributed by atoms with E-state index in [0.717, 1.165) is 23.4 Å². The fourth-order valence-corrected chi connectivity index (χ4v) is 1.09. The summed E-state index contributed by atoms with van der Waals surface area (Å²) in [5.41, 5.74) is 1.02. The van der Waals surface area contributed by atoms with E-state index in [9.17, 15) is 13.2 Å². The third kappa shape index (κ3) is 3.31. The van der Waals surface area contributed by atoms with Crippen molar-refractivity contribution in [1.29, 1.82) is 0 Å². The van der Waals surface area contributed by atoms with Gasteiger partial charge < -0.3 is 5.32 Å². The standard InChI is InChI=1S/C11H12F3N/c1-8(15-2)7-9-3-5-10(6-4-9)11(12,13)14/h3-7,15H,1-2H3/b8-7-. The molecule has 0 heterocycles. The van der Waals surface area contributed by atoms with E-state index in [0.29, 0.717) is 0 Å². The maximum Gasteiger partial charge on any atom is 0.416 e. The van der Waals surface area contributed by atoms with Crippen molar-refractivity contribution in [1.82, 2.24) is 5.32 Å². The maximum absolute atomic E-state index is 12.2. The van der Waals surface area contributed by atoms with Crippen LogP contribution in [0.5, 0.6) is 0 Å². The fourth-order valence-electron chi connectivity index (χ4n) is 1.09. The smallest absolute Gasteiger partial charge is 0.392 e. The van der Waals surface area contributed by atoms with Crippen molar-refractivity contribution in [3.8, 4) is 0 Å². The highest BCUT2D eigenvalue weighted by Gasteiger charge is 2.29. The van der Waals surface area contributed by atoms with Crippen LogP contribution in [-0.4, -0.2) is 7.05 Å². The molecule has 0 aliphatic carbocycles. The van der Waals surface area contributed by atoms with Gasteiger partial charge in [0.2, 0.25) is 0 Å². The molecule has 0 aromatic heterocycles.